The highest BCUT2D eigenvalue weighted by atomic mass is 16.3. The minimum absolute atomic E-state index is 0.0474. The summed E-state index contributed by atoms with van der Waals surface area (Å²) in [7, 11) is 0. The van der Waals surface area contributed by atoms with Crippen molar-refractivity contribution >= 4 is 11.7 Å². The molecule has 98 valence electrons. The SMILES string of the molecule is O=C(Nc1ccccc1)N[C@H]1CCCc2occc21. The molecule has 1 aliphatic rings. The van der Waals surface area contributed by atoms with Gasteiger partial charge in [0, 0.05) is 17.7 Å². The summed E-state index contributed by atoms with van der Waals surface area (Å²) in [6.45, 7) is 0. The van der Waals surface area contributed by atoms with Crippen LogP contribution < -0.4 is 10.6 Å². The van der Waals surface area contributed by atoms with E-state index in [0.717, 1.165) is 36.3 Å². The van der Waals surface area contributed by atoms with Gasteiger partial charge in [-0.25, -0.2) is 4.79 Å². The van der Waals surface area contributed by atoms with Crippen LogP contribution >= 0.6 is 0 Å². The van der Waals surface area contributed by atoms with Gasteiger partial charge in [0.2, 0.25) is 0 Å². The van der Waals surface area contributed by atoms with E-state index in [1.807, 2.05) is 36.4 Å². The highest BCUT2D eigenvalue weighted by Gasteiger charge is 2.23. The number of anilines is 1. The molecule has 0 bridgehead atoms. The Morgan fingerprint density at radius 1 is 1.21 bits per heavy atom. The largest absolute Gasteiger partial charge is 0.469 e. The van der Waals surface area contributed by atoms with Gasteiger partial charge in [-0.2, -0.15) is 0 Å². The van der Waals surface area contributed by atoms with Crippen LogP contribution in [0.15, 0.2) is 47.1 Å². The Balaban J connectivity index is 1.65. The quantitative estimate of drug-likeness (QED) is 0.864. The third kappa shape index (κ3) is 2.62. The summed E-state index contributed by atoms with van der Waals surface area (Å²) < 4.78 is 5.41. The summed E-state index contributed by atoms with van der Waals surface area (Å²) in [5.41, 5.74) is 1.90. The van der Waals surface area contributed by atoms with E-state index in [1.165, 1.54) is 0 Å². The lowest BCUT2D eigenvalue weighted by Crippen LogP contribution is -2.33. The first-order valence-electron chi connectivity index (χ1n) is 6.52. The Bertz CT molecular complexity index is 563. The zero-order valence-corrected chi connectivity index (χ0v) is 10.6. The number of aryl methyl sites for hydroxylation is 1. The summed E-state index contributed by atoms with van der Waals surface area (Å²) in [5.74, 6) is 0.997. The number of benzene rings is 1. The van der Waals surface area contributed by atoms with Crippen molar-refractivity contribution in [1.29, 1.82) is 0 Å². The normalized spacial score (nSPS) is 17.6. The summed E-state index contributed by atoms with van der Waals surface area (Å²) in [6, 6.07) is 11.3. The minimum Gasteiger partial charge on any atom is -0.469 e. The number of fused-ring (bicyclic) bond motifs is 1. The van der Waals surface area contributed by atoms with Gasteiger partial charge in [-0.1, -0.05) is 18.2 Å². The molecular weight excluding hydrogens is 240 g/mol. The van der Waals surface area contributed by atoms with Crippen molar-refractivity contribution in [2.45, 2.75) is 25.3 Å². The second-order valence-corrected chi connectivity index (χ2v) is 4.71. The van der Waals surface area contributed by atoms with Crippen molar-refractivity contribution in [2.24, 2.45) is 0 Å². The van der Waals surface area contributed by atoms with Crippen molar-refractivity contribution in [3.8, 4) is 0 Å². The maximum absolute atomic E-state index is 12.0. The van der Waals surface area contributed by atoms with Crippen molar-refractivity contribution in [1.82, 2.24) is 5.32 Å². The number of carbonyl (C=O) groups is 1. The summed E-state index contributed by atoms with van der Waals surface area (Å²) in [6.07, 6.45) is 4.64. The standard InChI is InChI=1S/C15H16N2O2/c18-15(16-11-5-2-1-3-6-11)17-13-7-4-8-14-12(13)9-10-19-14/h1-3,5-6,9-10,13H,4,7-8H2,(H2,16,17,18)/t13-/m0/s1. The number of amides is 2. The van der Waals surface area contributed by atoms with Crippen molar-refractivity contribution in [2.75, 3.05) is 5.32 Å². The lowest BCUT2D eigenvalue weighted by Gasteiger charge is -2.22. The van der Waals surface area contributed by atoms with Gasteiger partial charge in [-0.15, -0.1) is 0 Å². The molecule has 1 atom stereocenters. The molecular formula is C15H16N2O2. The van der Waals surface area contributed by atoms with Gasteiger partial charge in [0.1, 0.15) is 5.76 Å². The Kier molecular flexibility index (Phi) is 3.23. The van der Waals surface area contributed by atoms with Crippen LogP contribution in [0.4, 0.5) is 10.5 Å². The fourth-order valence-electron chi connectivity index (χ4n) is 2.48. The zero-order chi connectivity index (χ0) is 13.1. The van der Waals surface area contributed by atoms with Crippen LogP contribution in [0.25, 0.3) is 0 Å². The highest BCUT2D eigenvalue weighted by Crippen LogP contribution is 2.30. The molecule has 0 saturated carbocycles. The zero-order valence-electron chi connectivity index (χ0n) is 10.6. The van der Waals surface area contributed by atoms with E-state index in [9.17, 15) is 4.79 Å². The molecule has 0 radical (unpaired) electrons. The number of hydrogen-bond donors (Lipinski definition) is 2. The predicted molar refractivity (Wildman–Crippen MR) is 73.0 cm³/mol. The van der Waals surface area contributed by atoms with Gasteiger partial charge >= 0.3 is 6.03 Å². The molecule has 0 unspecified atom stereocenters. The molecule has 4 nitrogen and oxygen atoms in total. The van der Waals surface area contributed by atoms with Gasteiger partial charge < -0.3 is 15.1 Å². The molecule has 0 fully saturated rings. The minimum atomic E-state index is -0.176. The Hall–Kier alpha value is -2.23. The second-order valence-electron chi connectivity index (χ2n) is 4.71. The van der Waals surface area contributed by atoms with Gasteiger partial charge in [0.05, 0.1) is 12.3 Å². The Morgan fingerprint density at radius 3 is 2.89 bits per heavy atom. The first-order valence-corrected chi connectivity index (χ1v) is 6.52. The number of carbonyl (C=O) groups excluding carboxylic acids is 1. The van der Waals surface area contributed by atoms with Crippen LogP contribution in [0, 0.1) is 0 Å². The predicted octanol–water partition coefficient (Wildman–Crippen LogP) is 3.48. The van der Waals surface area contributed by atoms with Crippen LogP contribution in [-0.2, 0) is 6.42 Å². The average Bonchev–Trinajstić information content (AvgIpc) is 2.89. The van der Waals surface area contributed by atoms with Crippen LogP contribution in [0.1, 0.15) is 30.2 Å². The number of rotatable bonds is 2. The maximum atomic E-state index is 12.0. The molecule has 2 aromatic rings. The molecule has 4 heteroatoms. The van der Waals surface area contributed by atoms with E-state index in [4.69, 9.17) is 4.42 Å². The van der Waals surface area contributed by atoms with Gasteiger partial charge in [-0.3, -0.25) is 0 Å². The van der Waals surface area contributed by atoms with E-state index in [-0.39, 0.29) is 12.1 Å². The number of nitrogens with one attached hydrogen (secondary N) is 2. The summed E-state index contributed by atoms with van der Waals surface area (Å²) >= 11 is 0. The monoisotopic (exact) mass is 256 g/mol. The number of hydrogen-bond acceptors (Lipinski definition) is 2. The first kappa shape index (κ1) is 11.8. The number of furan rings is 1. The molecule has 1 aliphatic carbocycles. The van der Waals surface area contributed by atoms with Gasteiger partial charge in [-0.05, 0) is 31.0 Å². The van der Waals surface area contributed by atoms with Crippen molar-refractivity contribution in [3.63, 3.8) is 0 Å². The maximum Gasteiger partial charge on any atom is 0.319 e. The molecule has 1 aromatic carbocycles. The van der Waals surface area contributed by atoms with Gasteiger partial charge in [0.15, 0.2) is 0 Å². The lowest BCUT2D eigenvalue weighted by molar-refractivity contribution is 0.246. The third-order valence-electron chi connectivity index (χ3n) is 3.39. The fraction of sp³-hybridized carbons (Fsp3) is 0.267. The highest BCUT2D eigenvalue weighted by molar-refractivity contribution is 5.89. The van der Waals surface area contributed by atoms with E-state index in [1.54, 1.807) is 6.26 Å². The molecule has 0 aliphatic heterocycles. The summed E-state index contributed by atoms with van der Waals surface area (Å²) in [5, 5.41) is 5.83. The van der Waals surface area contributed by atoms with Crippen LogP contribution in [0.5, 0.6) is 0 Å². The molecule has 1 aromatic heterocycles. The molecule has 2 amide bonds. The molecule has 1 heterocycles. The summed E-state index contributed by atoms with van der Waals surface area (Å²) in [4.78, 5) is 12.0. The second kappa shape index (κ2) is 5.18. The number of para-hydroxylation sites is 1. The van der Waals surface area contributed by atoms with E-state index < -0.39 is 0 Å². The Morgan fingerprint density at radius 2 is 2.05 bits per heavy atom. The van der Waals surface area contributed by atoms with Crippen molar-refractivity contribution in [3.05, 3.63) is 54.0 Å². The molecule has 0 saturated heterocycles. The van der Waals surface area contributed by atoms with Crippen LogP contribution in [0.2, 0.25) is 0 Å². The first-order chi connectivity index (χ1) is 9.33. The molecule has 2 N–H and O–H groups in total. The van der Waals surface area contributed by atoms with Gasteiger partial charge in [0.25, 0.3) is 0 Å². The Labute approximate surface area is 111 Å². The lowest BCUT2D eigenvalue weighted by atomic mass is 9.93. The number of urea groups is 1. The van der Waals surface area contributed by atoms with E-state index >= 15 is 0 Å². The van der Waals surface area contributed by atoms with E-state index in [0.29, 0.717) is 0 Å². The topological polar surface area (TPSA) is 54.3 Å². The average molecular weight is 256 g/mol. The molecule has 3 rings (SSSR count). The van der Waals surface area contributed by atoms with Crippen LogP contribution in [0.3, 0.4) is 0 Å². The fourth-order valence-corrected chi connectivity index (χ4v) is 2.48. The van der Waals surface area contributed by atoms with E-state index in [2.05, 4.69) is 10.6 Å². The molecule has 19 heavy (non-hydrogen) atoms. The van der Waals surface area contributed by atoms with Crippen molar-refractivity contribution < 1.29 is 9.21 Å². The molecule has 0 spiro atoms. The smallest absolute Gasteiger partial charge is 0.319 e. The van der Waals surface area contributed by atoms with Crippen LogP contribution in [-0.4, -0.2) is 6.03 Å². The third-order valence-corrected chi connectivity index (χ3v) is 3.39.